The summed E-state index contributed by atoms with van der Waals surface area (Å²) >= 11 is 1.96. The molecule has 0 amide bonds. The second-order valence-corrected chi connectivity index (χ2v) is 15.9. The van der Waals surface area contributed by atoms with E-state index in [1.807, 2.05) is 11.3 Å². The molecule has 2 atom stereocenters. The Bertz CT molecular complexity index is 2790. The zero-order valence-corrected chi connectivity index (χ0v) is 30.8. The number of para-hydroxylation sites is 3. The summed E-state index contributed by atoms with van der Waals surface area (Å²) in [6, 6.07) is 49.3. The quantitative estimate of drug-likeness (QED) is 0.183. The van der Waals surface area contributed by atoms with Gasteiger partial charge in [0.2, 0.25) is 0 Å². The second-order valence-electron chi connectivity index (χ2n) is 14.8. The smallest absolute Gasteiger partial charge is 0.0541 e. The summed E-state index contributed by atoms with van der Waals surface area (Å²) in [4.78, 5) is 1.51. The van der Waals surface area contributed by atoms with Crippen LogP contribution < -0.4 is 5.32 Å². The number of anilines is 2. The van der Waals surface area contributed by atoms with E-state index in [0.717, 1.165) is 24.2 Å². The molecule has 0 aliphatic heterocycles. The van der Waals surface area contributed by atoms with E-state index in [4.69, 9.17) is 0 Å². The summed E-state index contributed by atoms with van der Waals surface area (Å²) in [6.45, 7) is 4.60. The lowest BCUT2D eigenvalue weighted by Gasteiger charge is -2.20. The van der Waals surface area contributed by atoms with E-state index in [2.05, 4.69) is 188 Å². The Hall–Kier alpha value is -5.90. The number of hydrogen-bond acceptors (Lipinski definition) is 2. The van der Waals surface area contributed by atoms with E-state index in [9.17, 15) is 0 Å². The molecule has 6 aromatic carbocycles. The molecule has 2 nitrogen and oxygen atoms in total. The lowest BCUT2D eigenvalue weighted by Crippen LogP contribution is -2.01. The summed E-state index contributed by atoms with van der Waals surface area (Å²) < 4.78 is 3.83. The normalized spacial score (nSPS) is 16.7. The number of aromatic nitrogens is 1. The first-order chi connectivity index (χ1) is 26.1. The van der Waals surface area contributed by atoms with Crippen molar-refractivity contribution in [3.05, 3.63) is 174 Å². The largest absolute Gasteiger partial charge is 0.355 e. The van der Waals surface area contributed by atoms with E-state index >= 15 is 0 Å². The Labute approximate surface area is 315 Å². The van der Waals surface area contributed by atoms with Gasteiger partial charge in [0.25, 0.3) is 0 Å². The third-order valence-electron chi connectivity index (χ3n) is 11.1. The van der Waals surface area contributed by atoms with Crippen LogP contribution in [-0.2, 0) is 6.42 Å². The van der Waals surface area contributed by atoms with Gasteiger partial charge in [-0.25, -0.2) is 0 Å². The van der Waals surface area contributed by atoms with Crippen molar-refractivity contribution in [1.29, 1.82) is 0 Å². The average molecular weight is 701 g/mol. The van der Waals surface area contributed by atoms with Gasteiger partial charge in [0.15, 0.2) is 0 Å². The summed E-state index contributed by atoms with van der Waals surface area (Å²) in [5, 5.41) is 7.65. The molecule has 2 aliphatic carbocycles. The van der Waals surface area contributed by atoms with Gasteiger partial charge in [0.1, 0.15) is 0 Å². The fourth-order valence-electron chi connectivity index (χ4n) is 8.44. The minimum Gasteiger partial charge on any atom is -0.355 e. The van der Waals surface area contributed by atoms with E-state index < -0.39 is 0 Å². The van der Waals surface area contributed by atoms with Gasteiger partial charge >= 0.3 is 0 Å². The number of fused-ring (bicyclic) bond motifs is 6. The molecule has 2 aliphatic rings. The molecule has 10 rings (SSSR count). The van der Waals surface area contributed by atoms with Gasteiger partial charge in [-0.1, -0.05) is 129 Å². The zero-order chi connectivity index (χ0) is 35.5. The monoisotopic (exact) mass is 700 g/mol. The number of benzene rings is 6. The van der Waals surface area contributed by atoms with Crippen molar-refractivity contribution >= 4 is 66.3 Å². The van der Waals surface area contributed by atoms with Crippen LogP contribution in [0.4, 0.5) is 11.4 Å². The maximum Gasteiger partial charge on any atom is 0.0541 e. The van der Waals surface area contributed by atoms with Crippen molar-refractivity contribution in [3.8, 4) is 27.9 Å². The predicted octanol–water partition coefficient (Wildman–Crippen LogP) is 14.3. The van der Waals surface area contributed by atoms with Gasteiger partial charge in [0.05, 0.1) is 16.7 Å². The molecule has 256 valence electrons. The highest BCUT2D eigenvalue weighted by molar-refractivity contribution is 7.19. The number of nitrogens with one attached hydrogen (secondary N) is 1. The zero-order valence-electron chi connectivity index (χ0n) is 30.0. The average Bonchev–Trinajstić information content (AvgIpc) is 3.72. The number of nitrogens with zero attached hydrogens (tertiary/aromatic N) is 1. The van der Waals surface area contributed by atoms with Crippen LogP contribution >= 0.6 is 11.3 Å². The molecule has 2 aromatic heterocycles. The Morgan fingerprint density at radius 2 is 1.36 bits per heavy atom. The van der Waals surface area contributed by atoms with Crippen LogP contribution in [0.15, 0.2) is 158 Å². The van der Waals surface area contributed by atoms with Crippen LogP contribution in [0, 0.1) is 11.8 Å². The van der Waals surface area contributed by atoms with Gasteiger partial charge in [-0.3, -0.25) is 0 Å². The maximum atomic E-state index is 3.76. The third kappa shape index (κ3) is 5.64. The Balaban J connectivity index is 1.10. The van der Waals surface area contributed by atoms with Crippen LogP contribution in [0.1, 0.15) is 36.3 Å². The molecular weight excluding hydrogens is 661 g/mol. The molecule has 2 heterocycles. The fraction of sp³-hybridized carbons (Fsp3) is 0.120. The highest BCUT2D eigenvalue weighted by Gasteiger charge is 2.20. The number of rotatable bonds is 6. The molecule has 0 radical (unpaired) electrons. The first kappa shape index (κ1) is 31.8. The fourth-order valence-corrected chi connectivity index (χ4v) is 9.82. The molecule has 53 heavy (non-hydrogen) atoms. The highest BCUT2D eigenvalue weighted by atomic mass is 32.1. The van der Waals surface area contributed by atoms with E-state index in [1.165, 1.54) is 81.4 Å². The van der Waals surface area contributed by atoms with Crippen LogP contribution in [0.5, 0.6) is 0 Å². The summed E-state index contributed by atoms with van der Waals surface area (Å²) in [5.74, 6) is 1.12. The Kier molecular flexibility index (Phi) is 7.77. The van der Waals surface area contributed by atoms with Gasteiger partial charge in [-0.05, 0) is 106 Å². The Morgan fingerprint density at radius 3 is 2.26 bits per heavy atom. The van der Waals surface area contributed by atoms with Crippen molar-refractivity contribution in [1.82, 2.24) is 4.57 Å². The van der Waals surface area contributed by atoms with Gasteiger partial charge in [-0.15, -0.1) is 11.3 Å². The van der Waals surface area contributed by atoms with E-state index in [0.29, 0.717) is 11.8 Å². The molecular formula is C50H40N2S. The molecule has 8 aromatic rings. The van der Waals surface area contributed by atoms with Crippen LogP contribution in [-0.4, -0.2) is 4.57 Å². The summed E-state index contributed by atoms with van der Waals surface area (Å²) in [5.41, 5.74) is 14.8. The van der Waals surface area contributed by atoms with Crippen molar-refractivity contribution in [2.24, 2.45) is 11.8 Å². The lowest BCUT2D eigenvalue weighted by molar-refractivity contribution is 0.728. The molecule has 0 spiro atoms. The van der Waals surface area contributed by atoms with Crippen LogP contribution in [0.3, 0.4) is 0 Å². The van der Waals surface area contributed by atoms with Crippen LogP contribution in [0.25, 0.3) is 71.5 Å². The van der Waals surface area contributed by atoms with Crippen molar-refractivity contribution < 1.29 is 0 Å². The highest BCUT2D eigenvalue weighted by Crippen LogP contribution is 2.43. The first-order valence-corrected chi connectivity index (χ1v) is 19.6. The van der Waals surface area contributed by atoms with Crippen molar-refractivity contribution in [2.45, 2.75) is 26.7 Å². The summed E-state index contributed by atoms with van der Waals surface area (Å²) in [6.07, 6.45) is 13.6. The minimum absolute atomic E-state index is 0.523. The van der Waals surface area contributed by atoms with Gasteiger partial charge in [-0.2, -0.15) is 0 Å². The number of thiophene rings is 1. The maximum absolute atomic E-state index is 3.76. The molecule has 0 bridgehead atoms. The van der Waals surface area contributed by atoms with Crippen LogP contribution in [0.2, 0.25) is 0 Å². The lowest BCUT2D eigenvalue weighted by atomic mass is 9.89. The standard InChI is InChI=1S/C50H40N2S/c1-32-11-10-12-36(27-32)39-24-20-35(30-45(39)51-38-13-4-3-5-14-38)34-22-26-48-44(29-34)41-16-7-9-18-47(41)52(48)46-17-8-6-15-40(46)37-21-25-43-42-23-19-33(2)28-49(42)53-50(43)31-37/h3-26,29-33,51H,27-28H2,1-2H3. The molecule has 0 saturated carbocycles. The van der Waals surface area contributed by atoms with Gasteiger partial charge < -0.3 is 9.88 Å². The topological polar surface area (TPSA) is 17.0 Å². The molecule has 1 N–H and O–H groups in total. The van der Waals surface area contributed by atoms with E-state index in [-0.39, 0.29) is 0 Å². The number of hydrogen-bond donors (Lipinski definition) is 1. The Morgan fingerprint density at radius 1 is 0.604 bits per heavy atom. The molecule has 0 fully saturated rings. The predicted molar refractivity (Wildman–Crippen MR) is 230 cm³/mol. The first-order valence-electron chi connectivity index (χ1n) is 18.8. The summed E-state index contributed by atoms with van der Waals surface area (Å²) in [7, 11) is 0. The molecule has 0 saturated heterocycles. The number of allylic oxidation sites excluding steroid dienone is 5. The SMILES string of the molecule is CC1C=CC=C(c2ccc(-c3ccc4c(c3)c3ccccc3n4-c3ccccc3-c3ccc4c5c(sc4c3)CC(C)C=C5)cc2Nc2ccccc2)C1. The molecule has 2 unspecified atom stereocenters. The van der Waals surface area contributed by atoms with Crippen molar-refractivity contribution in [2.75, 3.05) is 5.32 Å². The third-order valence-corrected chi connectivity index (χ3v) is 12.3. The van der Waals surface area contributed by atoms with E-state index in [1.54, 1.807) is 0 Å². The minimum atomic E-state index is 0.523. The second kappa shape index (κ2) is 12.9. The molecule has 3 heteroatoms. The van der Waals surface area contributed by atoms with Crippen molar-refractivity contribution in [3.63, 3.8) is 0 Å². The van der Waals surface area contributed by atoms with Gasteiger partial charge in [0, 0.05) is 42.9 Å².